The van der Waals surface area contributed by atoms with Crippen LogP contribution in [0.25, 0.3) is 0 Å². The molecule has 1 aromatic rings. The van der Waals surface area contributed by atoms with Gasteiger partial charge in [0, 0.05) is 10.6 Å². The summed E-state index contributed by atoms with van der Waals surface area (Å²) in [7, 11) is 0. The average molecular weight is 201 g/mol. The van der Waals surface area contributed by atoms with Gasteiger partial charge in [-0.05, 0) is 25.1 Å². The Kier molecular flexibility index (Phi) is 3.46. The van der Waals surface area contributed by atoms with Crippen molar-refractivity contribution in [1.29, 1.82) is 0 Å². The molecule has 1 nitrogen and oxygen atoms in total. The third kappa shape index (κ3) is 2.54. The molecule has 0 saturated heterocycles. The van der Waals surface area contributed by atoms with Crippen molar-refractivity contribution in [3.63, 3.8) is 0 Å². The molecule has 0 saturated carbocycles. The predicted molar refractivity (Wildman–Crippen MR) is 51.2 cm³/mol. The van der Waals surface area contributed by atoms with Crippen LogP contribution in [0.3, 0.4) is 0 Å². The minimum atomic E-state index is -0.927. The molecule has 0 bridgehead atoms. The van der Waals surface area contributed by atoms with Gasteiger partial charge < -0.3 is 5.11 Å². The summed E-state index contributed by atoms with van der Waals surface area (Å²) in [6.45, 7) is 1.76. The van der Waals surface area contributed by atoms with Gasteiger partial charge in [-0.25, -0.2) is 4.39 Å². The Morgan fingerprint density at radius 2 is 2.23 bits per heavy atom. The van der Waals surface area contributed by atoms with E-state index in [1.54, 1.807) is 13.0 Å². The zero-order valence-corrected chi connectivity index (χ0v) is 7.92. The highest BCUT2D eigenvalue weighted by Gasteiger charge is 2.09. The molecule has 0 spiro atoms. The number of halogens is 2. The van der Waals surface area contributed by atoms with Gasteiger partial charge in [-0.1, -0.05) is 23.8 Å². The van der Waals surface area contributed by atoms with Gasteiger partial charge in [-0.2, -0.15) is 0 Å². The van der Waals surface area contributed by atoms with Crippen molar-refractivity contribution in [1.82, 2.24) is 0 Å². The van der Waals surface area contributed by atoms with Crippen molar-refractivity contribution in [2.45, 2.75) is 13.0 Å². The summed E-state index contributed by atoms with van der Waals surface area (Å²) >= 11 is 5.66. The summed E-state index contributed by atoms with van der Waals surface area (Å²) in [5.41, 5.74) is 0.200. The van der Waals surface area contributed by atoms with Crippen molar-refractivity contribution < 1.29 is 9.50 Å². The first kappa shape index (κ1) is 10.2. The Balaban J connectivity index is 3.05. The van der Waals surface area contributed by atoms with Crippen molar-refractivity contribution >= 4 is 11.6 Å². The second-order valence-corrected chi connectivity index (χ2v) is 3.07. The summed E-state index contributed by atoms with van der Waals surface area (Å²) in [6, 6.07) is 4.11. The van der Waals surface area contributed by atoms with E-state index in [4.69, 9.17) is 11.6 Å². The lowest BCUT2D eigenvalue weighted by Crippen LogP contribution is -1.96. The van der Waals surface area contributed by atoms with Crippen LogP contribution in [0.5, 0.6) is 0 Å². The molecular weight excluding hydrogens is 191 g/mol. The van der Waals surface area contributed by atoms with E-state index in [-0.39, 0.29) is 5.56 Å². The third-order valence-corrected chi connectivity index (χ3v) is 1.89. The van der Waals surface area contributed by atoms with E-state index in [1.165, 1.54) is 24.3 Å². The minimum absolute atomic E-state index is 0.200. The molecule has 1 rings (SSSR count). The van der Waals surface area contributed by atoms with E-state index in [0.29, 0.717) is 5.02 Å². The summed E-state index contributed by atoms with van der Waals surface area (Å²) in [5, 5.41) is 9.86. The third-order valence-electron chi connectivity index (χ3n) is 1.65. The summed E-state index contributed by atoms with van der Waals surface area (Å²) < 4.78 is 13.1. The predicted octanol–water partition coefficient (Wildman–Crippen LogP) is 3.09. The van der Waals surface area contributed by atoms with Crippen molar-refractivity contribution in [2.75, 3.05) is 0 Å². The largest absolute Gasteiger partial charge is 0.384 e. The van der Waals surface area contributed by atoms with Crippen LogP contribution in [-0.2, 0) is 0 Å². The summed E-state index contributed by atoms with van der Waals surface area (Å²) in [4.78, 5) is 0. The van der Waals surface area contributed by atoms with Gasteiger partial charge in [0.1, 0.15) is 5.82 Å². The number of hydrogen-bond acceptors (Lipinski definition) is 1. The first-order valence-electron chi connectivity index (χ1n) is 3.91. The summed E-state index contributed by atoms with van der Waals surface area (Å²) in [6.07, 6.45) is 2.23. The molecular formula is C10H10ClFO. The summed E-state index contributed by atoms with van der Waals surface area (Å²) in [5.74, 6) is -0.449. The van der Waals surface area contributed by atoms with Gasteiger partial charge in [-0.15, -0.1) is 0 Å². The van der Waals surface area contributed by atoms with Crippen molar-refractivity contribution in [2.24, 2.45) is 0 Å². The number of allylic oxidation sites excluding steroid dienone is 1. The van der Waals surface area contributed by atoms with Crippen molar-refractivity contribution in [3.8, 4) is 0 Å². The molecule has 0 aliphatic rings. The van der Waals surface area contributed by atoms with Gasteiger partial charge in [0.2, 0.25) is 0 Å². The van der Waals surface area contributed by atoms with E-state index < -0.39 is 11.9 Å². The maximum atomic E-state index is 13.1. The van der Waals surface area contributed by atoms with Gasteiger partial charge in [-0.3, -0.25) is 0 Å². The quantitative estimate of drug-likeness (QED) is 0.728. The second-order valence-electron chi connectivity index (χ2n) is 2.64. The topological polar surface area (TPSA) is 20.2 Å². The molecule has 70 valence electrons. The molecule has 0 aromatic heterocycles. The second kappa shape index (κ2) is 4.40. The molecule has 1 N–H and O–H groups in total. The highest BCUT2D eigenvalue weighted by molar-refractivity contribution is 6.30. The maximum Gasteiger partial charge on any atom is 0.129 e. The van der Waals surface area contributed by atoms with Gasteiger partial charge in [0.25, 0.3) is 0 Å². The number of hydrogen-bond donors (Lipinski definition) is 1. The number of aliphatic hydroxyl groups is 1. The molecule has 0 amide bonds. The lowest BCUT2D eigenvalue weighted by Gasteiger charge is -2.07. The van der Waals surface area contributed by atoms with Crippen molar-refractivity contribution in [3.05, 3.63) is 46.8 Å². The maximum absolute atomic E-state index is 13.1. The fourth-order valence-corrected chi connectivity index (χ4v) is 1.21. The standard InChI is InChI=1S/C10H10ClFO/c1-2-3-10(13)8-6-7(11)4-5-9(8)12/h2-6,10,13H,1H3/b3-2+. The minimum Gasteiger partial charge on any atom is -0.384 e. The molecule has 0 aliphatic heterocycles. The Morgan fingerprint density at radius 3 is 2.85 bits per heavy atom. The van der Waals surface area contributed by atoms with Gasteiger partial charge in [0.15, 0.2) is 0 Å². The fraction of sp³-hybridized carbons (Fsp3) is 0.200. The molecule has 1 aromatic carbocycles. The zero-order chi connectivity index (χ0) is 9.84. The Morgan fingerprint density at radius 1 is 1.54 bits per heavy atom. The first-order valence-corrected chi connectivity index (χ1v) is 4.28. The lowest BCUT2D eigenvalue weighted by atomic mass is 10.1. The van der Waals surface area contributed by atoms with Crippen LogP contribution < -0.4 is 0 Å². The normalized spacial score (nSPS) is 13.5. The zero-order valence-electron chi connectivity index (χ0n) is 7.17. The van der Waals surface area contributed by atoms with E-state index in [1.807, 2.05) is 0 Å². The highest BCUT2D eigenvalue weighted by Crippen LogP contribution is 2.21. The Labute approximate surface area is 81.5 Å². The molecule has 1 atom stereocenters. The SMILES string of the molecule is C/C=C/C(O)c1cc(Cl)ccc1F. The number of benzene rings is 1. The average Bonchev–Trinajstić information content (AvgIpc) is 2.09. The first-order chi connectivity index (χ1) is 6.15. The number of aliphatic hydroxyl groups excluding tert-OH is 1. The molecule has 0 aliphatic carbocycles. The van der Waals surface area contributed by atoms with Crippen LogP contribution in [0.15, 0.2) is 30.4 Å². The lowest BCUT2D eigenvalue weighted by molar-refractivity contribution is 0.223. The van der Waals surface area contributed by atoms with Crippen LogP contribution in [0.4, 0.5) is 4.39 Å². The van der Waals surface area contributed by atoms with E-state index >= 15 is 0 Å². The van der Waals surface area contributed by atoms with Crippen LogP contribution in [-0.4, -0.2) is 5.11 Å². The number of rotatable bonds is 2. The molecule has 3 heteroatoms. The molecule has 0 radical (unpaired) electrons. The van der Waals surface area contributed by atoms with Crippen LogP contribution in [0.2, 0.25) is 5.02 Å². The highest BCUT2D eigenvalue weighted by atomic mass is 35.5. The molecule has 13 heavy (non-hydrogen) atoms. The monoisotopic (exact) mass is 200 g/mol. The van der Waals surface area contributed by atoms with Gasteiger partial charge in [0.05, 0.1) is 6.10 Å². The molecule has 0 heterocycles. The molecule has 1 unspecified atom stereocenters. The van der Waals surface area contributed by atoms with Crippen LogP contribution in [0, 0.1) is 5.82 Å². The Bertz CT molecular complexity index is 323. The van der Waals surface area contributed by atoms with E-state index in [9.17, 15) is 9.50 Å². The fourth-order valence-electron chi connectivity index (χ4n) is 1.03. The van der Waals surface area contributed by atoms with Gasteiger partial charge >= 0.3 is 0 Å². The van der Waals surface area contributed by atoms with E-state index in [2.05, 4.69) is 0 Å². The Hall–Kier alpha value is -0.860. The van der Waals surface area contributed by atoms with Crippen LogP contribution in [0.1, 0.15) is 18.6 Å². The molecule has 0 fully saturated rings. The van der Waals surface area contributed by atoms with Crippen LogP contribution >= 0.6 is 11.6 Å². The van der Waals surface area contributed by atoms with E-state index in [0.717, 1.165) is 0 Å². The smallest absolute Gasteiger partial charge is 0.129 e.